The van der Waals surface area contributed by atoms with Crippen LogP contribution in [0.1, 0.15) is 27.6 Å². The quantitative estimate of drug-likeness (QED) is 0.622. The van der Waals surface area contributed by atoms with E-state index in [4.69, 9.17) is 5.73 Å². The molecular formula is C10H9BrN2O2. The fourth-order valence-corrected chi connectivity index (χ4v) is 1.96. The molecule has 78 valence electrons. The number of fused-ring (bicyclic) bond motifs is 1. The minimum Gasteiger partial charge on any atom is -0.398 e. The lowest BCUT2D eigenvalue weighted by Gasteiger charge is -2.08. The molecule has 1 aliphatic rings. The van der Waals surface area contributed by atoms with Crippen LogP contribution >= 0.6 is 15.9 Å². The third-order valence-electron chi connectivity index (χ3n) is 2.40. The van der Waals surface area contributed by atoms with Gasteiger partial charge < -0.3 is 5.73 Å². The molecule has 0 unspecified atom stereocenters. The summed E-state index contributed by atoms with van der Waals surface area (Å²) in [6.45, 7) is 2.14. The van der Waals surface area contributed by atoms with Gasteiger partial charge in [-0.15, -0.1) is 0 Å². The molecular weight excluding hydrogens is 260 g/mol. The zero-order chi connectivity index (χ0) is 11.2. The molecule has 1 heterocycles. The summed E-state index contributed by atoms with van der Waals surface area (Å²) in [6.07, 6.45) is 0. The number of rotatable bonds is 1. The van der Waals surface area contributed by atoms with Gasteiger partial charge in [0.05, 0.1) is 11.1 Å². The molecule has 0 saturated carbocycles. The number of hydrogen-bond donors (Lipinski definition) is 1. The Morgan fingerprint density at radius 2 is 1.80 bits per heavy atom. The molecule has 0 spiro atoms. The number of nitrogens with zero attached hydrogens (tertiary/aromatic N) is 1. The second-order valence-electron chi connectivity index (χ2n) is 3.27. The van der Waals surface area contributed by atoms with Gasteiger partial charge in [-0.1, -0.05) is 0 Å². The second kappa shape index (κ2) is 3.34. The molecule has 0 atom stereocenters. The Morgan fingerprint density at radius 1 is 1.27 bits per heavy atom. The topological polar surface area (TPSA) is 63.4 Å². The fraction of sp³-hybridized carbons (Fsp3) is 0.200. The van der Waals surface area contributed by atoms with Gasteiger partial charge in [0.2, 0.25) is 0 Å². The molecule has 0 aliphatic carbocycles. The van der Waals surface area contributed by atoms with Crippen molar-refractivity contribution in [2.24, 2.45) is 0 Å². The Labute approximate surface area is 95.2 Å². The van der Waals surface area contributed by atoms with E-state index >= 15 is 0 Å². The summed E-state index contributed by atoms with van der Waals surface area (Å²) in [5, 5.41) is 0. The number of nitrogens with two attached hydrogens (primary N) is 1. The first-order valence-corrected chi connectivity index (χ1v) is 5.30. The van der Waals surface area contributed by atoms with Crippen molar-refractivity contribution in [3.8, 4) is 0 Å². The van der Waals surface area contributed by atoms with Crippen LogP contribution in [0.2, 0.25) is 0 Å². The summed E-state index contributed by atoms with van der Waals surface area (Å²) >= 11 is 3.23. The minimum atomic E-state index is -0.267. The normalized spacial score (nSPS) is 14.7. The molecule has 5 heteroatoms. The number of nitrogen functional groups attached to an aromatic ring is 1. The highest BCUT2D eigenvalue weighted by Crippen LogP contribution is 2.30. The van der Waals surface area contributed by atoms with Crippen molar-refractivity contribution in [2.45, 2.75) is 6.92 Å². The summed E-state index contributed by atoms with van der Waals surface area (Å²) in [5.41, 5.74) is 6.93. The van der Waals surface area contributed by atoms with Gasteiger partial charge in [-0.2, -0.15) is 0 Å². The standard InChI is InChI=1S/C10H9BrN2O2/c1-2-13-9(14)5-3-7(11)8(12)4-6(5)10(13)15/h3-4H,2,12H2,1H3. The maximum atomic E-state index is 11.7. The average molecular weight is 269 g/mol. The number of carbonyl (C=O) groups excluding carboxylic acids is 2. The molecule has 0 saturated heterocycles. The number of benzene rings is 1. The van der Waals surface area contributed by atoms with Crippen LogP contribution in [0.4, 0.5) is 5.69 Å². The van der Waals surface area contributed by atoms with Crippen LogP contribution in [0.5, 0.6) is 0 Å². The largest absolute Gasteiger partial charge is 0.398 e. The number of imide groups is 1. The number of amides is 2. The molecule has 0 bridgehead atoms. The Morgan fingerprint density at radius 3 is 2.33 bits per heavy atom. The molecule has 2 rings (SSSR count). The molecule has 1 aliphatic heterocycles. The van der Waals surface area contributed by atoms with Crippen LogP contribution in [0.25, 0.3) is 0 Å². The van der Waals surface area contributed by atoms with Crippen molar-refractivity contribution in [3.05, 3.63) is 27.7 Å². The predicted molar refractivity (Wildman–Crippen MR) is 59.6 cm³/mol. The first-order valence-electron chi connectivity index (χ1n) is 4.51. The highest BCUT2D eigenvalue weighted by molar-refractivity contribution is 9.10. The Kier molecular flexibility index (Phi) is 2.26. The summed E-state index contributed by atoms with van der Waals surface area (Å²) in [6, 6.07) is 3.13. The van der Waals surface area contributed by atoms with E-state index in [-0.39, 0.29) is 11.8 Å². The summed E-state index contributed by atoms with van der Waals surface area (Å²) in [5.74, 6) is -0.519. The minimum absolute atomic E-state index is 0.252. The lowest BCUT2D eigenvalue weighted by atomic mass is 10.1. The van der Waals surface area contributed by atoms with Gasteiger partial charge in [0.25, 0.3) is 11.8 Å². The number of anilines is 1. The average Bonchev–Trinajstić information content (AvgIpc) is 2.42. The Hall–Kier alpha value is -1.36. The molecule has 2 N–H and O–H groups in total. The molecule has 0 fully saturated rings. The molecule has 0 radical (unpaired) electrons. The predicted octanol–water partition coefficient (Wildman–Crippen LogP) is 1.65. The van der Waals surface area contributed by atoms with Gasteiger partial charge in [0.1, 0.15) is 0 Å². The zero-order valence-electron chi connectivity index (χ0n) is 8.08. The molecule has 15 heavy (non-hydrogen) atoms. The Balaban J connectivity index is 2.63. The SMILES string of the molecule is CCN1C(=O)c2cc(N)c(Br)cc2C1=O. The van der Waals surface area contributed by atoms with Crippen molar-refractivity contribution in [1.29, 1.82) is 0 Å². The smallest absolute Gasteiger partial charge is 0.261 e. The third-order valence-corrected chi connectivity index (χ3v) is 3.09. The summed E-state index contributed by atoms with van der Waals surface area (Å²) in [4.78, 5) is 24.7. The van der Waals surface area contributed by atoms with Gasteiger partial charge in [0, 0.05) is 16.7 Å². The zero-order valence-corrected chi connectivity index (χ0v) is 9.67. The van der Waals surface area contributed by atoms with Crippen molar-refractivity contribution in [3.63, 3.8) is 0 Å². The van der Waals surface area contributed by atoms with E-state index in [0.29, 0.717) is 27.8 Å². The van der Waals surface area contributed by atoms with E-state index in [9.17, 15) is 9.59 Å². The Bertz CT molecular complexity index is 430. The van der Waals surface area contributed by atoms with Crippen molar-refractivity contribution in [2.75, 3.05) is 12.3 Å². The van der Waals surface area contributed by atoms with E-state index in [1.807, 2.05) is 0 Å². The monoisotopic (exact) mass is 268 g/mol. The van der Waals surface area contributed by atoms with E-state index in [1.165, 1.54) is 11.0 Å². The van der Waals surface area contributed by atoms with Crippen LogP contribution in [0, 0.1) is 0 Å². The molecule has 0 aromatic heterocycles. The van der Waals surface area contributed by atoms with E-state index in [0.717, 1.165) is 0 Å². The first-order chi connectivity index (χ1) is 7.06. The van der Waals surface area contributed by atoms with Crippen LogP contribution < -0.4 is 5.73 Å². The van der Waals surface area contributed by atoms with Crippen LogP contribution in [0.3, 0.4) is 0 Å². The van der Waals surface area contributed by atoms with E-state index in [1.54, 1.807) is 13.0 Å². The van der Waals surface area contributed by atoms with Crippen LogP contribution in [-0.2, 0) is 0 Å². The highest BCUT2D eigenvalue weighted by atomic mass is 79.9. The van der Waals surface area contributed by atoms with Gasteiger partial charge in [-0.3, -0.25) is 14.5 Å². The maximum Gasteiger partial charge on any atom is 0.261 e. The second-order valence-corrected chi connectivity index (χ2v) is 4.13. The summed E-state index contributed by atoms with van der Waals surface area (Å²) < 4.78 is 0.639. The highest BCUT2D eigenvalue weighted by Gasteiger charge is 2.34. The van der Waals surface area contributed by atoms with Gasteiger partial charge in [0.15, 0.2) is 0 Å². The van der Waals surface area contributed by atoms with Crippen molar-refractivity contribution < 1.29 is 9.59 Å². The molecule has 2 amide bonds. The molecule has 4 nitrogen and oxygen atoms in total. The van der Waals surface area contributed by atoms with Crippen molar-refractivity contribution in [1.82, 2.24) is 4.90 Å². The third kappa shape index (κ3) is 1.34. The molecule has 1 aromatic carbocycles. The maximum absolute atomic E-state index is 11.7. The van der Waals surface area contributed by atoms with Gasteiger partial charge in [-0.25, -0.2) is 0 Å². The molecule has 1 aromatic rings. The lowest BCUT2D eigenvalue weighted by Crippen LogP contribution is -2.29. The van der Waals surface area contributed by atoms with E-state index in [2.05, 4.69) is 15.9 Å². The van der Waals surface area contributed by atoms with Gasteiger partial charge >= 0.3 is 0 Å². The lowest BCUT2D eigenvalue weighted by molar-refractivity contribution is 0.0663. The summed E-state index contributed by atoms with van der Waals surface area (Å²) in [7, 11) is 0. The van der Waals surface area contributed by atoms with Gasteiger partial charge in [-0.05, 0) is 35.0 Å². The van der Waals surface area contributed by atoms with Crippen LogP contribution in [-0.4, -0.2) is 23.3 Å². The van der Waals surface area contributed by atoms with E-state index < -0.39 is 0 Å². The number of hydrogen-bond acceptors (Lipinski definition) is 3. The number of halogens is 1. The number of carbonyl (C=O) groups is 2. The first kappa shape index (κ1) is 10.2. The van der Waals surface area contributed by atoms with Crippen LogP contribution in [0.15, 0.2) is 16.6 Å². The van der Waals surface area contributed by atoms with Crippen molar-refractivity contribution >= 4 is 33.4 Å². The fourth-order valence-electron chi connectivity index (χ4n) is 1.61.